The van der Waals surface area contributed by atoms with Gasteiger partial charge in [-0.2, -0.15) is 5.26 Å². The van der Waals surface area contributed by atoms with Crippen LogP contribution in [0, 0.1) is 30.1 Å². The quantitative estimate of drug-likeness (QED) is 0.908. The molecule has 1 aromatic carbocycles. The summed E-state index contributed by atoms with van der Waals surface area (Å²) in [5, 5.41) is 9.85. The van der Waals surface area contributed by atoms with E-state index < -0.39 is 6.04 Å². The summed E-state index contributed by atoms with van der Waals surface area (Å²) in [5.74, 6) is 0.595. The summed E-state index contributed by atoms with van der Waals surface area (Å²) in [6, 6.07) is 5.51. The summed E-state index contributed by atoms with van der Waals surface area (Å²) in [6.07, 6.45) is 0. The highest BCUT2D eigenvalue weighted by Crippen LogP contribution is 2.35. The summed E-state index contributed by atoms with van der Waals surface area (Å²) in [6.45, 7) is 5.87. The van der Waals surface area contributed by atoms with Gasteiger partial charge in [-0.3, -0.25) is 0 Å². The van der Waals surface area contributed by atoms with E-state index in [1.807, 2.05) is 26.8 Å². The van der Waals surface area contributed by atoms with Gasteiger partial charge in [-0.15, -0.1) is 0 Å². The minimum atomic E-state index is -0.400. The molecule has 0 aliphatic rings. The van der Waals surface area contributed by atoms with Crippen molar-refractivity contribution in [3.63, 3.8) is 0 Å². The van der Waals surface area contributed by atoms with E-state index >= 15 is 0 Å². The molecule has 0 heterocycles. The van der Waals surface area contributed by atoms with Gasteiger partial charge in [0.15, 0.2) is 0 Å². The molecule has 0 aliphatic heterocycles. The topological polar surface area (TPSA) is 59.0 Å². The third-order valence-electron chi connectivity index (χ3n) is 3.12. The van der Waals surface area contributed by atoms with E-state index in [4.69, 9.17) is 22.1 Å². The summed E-state index contributed by atoms with van der Waals surface area (Å²) in [5.41, 5.74) is 7.90. The van der Waals surface area contributed by atoms with E-state index in [1.165, 1.54) is 0 Å². The van der Waals surface area contributed by atoms with Crippen molar-refractivity contribution in [3.8, 4) is 11.8 Å². The number of hydrogen-bond donors (Lipinski definition) is 1. The van der Waals surface area contributed by atoms with Gasteiger partial charge in [0.1, 0.15) is 5.75 Å². The number of aryl methyl sites for hydroxylation is 1. The summed E-state index contributed by atoms with van der Waals surface area (Å²) < 4.78 is 5.33. The lowest BCUT2D eigenvalue weighted by molar-refractivity contribution is 0.372. The van der Waals surface area contributed by atoms with Crippen LogP contribution < -0.4 is 10.5 Å². The number of methoxy groups -OCH3 is 1. The van der Waals surface area contributed by atoms with Crippen molar-refractivity contribution in [1.82, 2.24) is 0 Å². The van der Waals surface area contributed by atoms with E-state index in [1.54, 1.807) is 13.2 Å². The highest BCUT2D eigenvalue weighted by molar-refractivity contribution is 6.31. The first kappa shape index (κ1) is 14.8. The molecule has 0 aromatic heterocycles. The molecule has 0 saturated carbocycles. The molecule has 0 bridgehead atoms. The van der Waals surface area contributed by atoms with Gasteiger partial charge >= 0.3 is 0 Å². The Hall–Kier alpha value is -1.24. The number of nitrogens with two attached hydrogens (primary N) is 1. The van der Waals surface area contributed by atoms with Crippen LogP contribution in [0.15, 0.2) is 12.1 Å². The van der Waals surface area contributed by atoms with E-state index in [9.17, 15) is 5.26 Å². The molecule has 2 atom stereocenters. The van der Waals surface area contributed by atoms with Crippen molar-refractivity contribution < 1.29 is 4.74 Å². The van der Waals surface area contributed by atoms with Crippen molar-refractivity contribution >= 4 is 11.6 Å². The van der Waals surface area contributed by atoms with E-state index in [-0.39, 0.29) is 11.8 Å². The second-order valence-corrected chi connectivity index (χ2v) is 5.18. The number of halogens is 1. The lowest BCUT2D eigenvalue weighted by Gasteiger charge is -2.23. The Kier molecular flexibility index (Phi) is 5.01. The third-order valence-corrected chi connectivity index (χ3v) is 3.53. The molecule has 18 heavy (non-hydrogen) atoms. The molecule has 0 amide bonds. The van der Waals surface area contributed by atoms with Crippen LogP contribution in [0.3, 0.4) is 0 Å². The largest absolute Gasteiger partial charge is 0.496 e. The Morgan fingerprint density at radius 1 is 1.39 bits per heavy atom. The molecule has 2 unspecified atom stereocenters. The average molecular weight is 267 g/mol. The van der Waals surface area contributed by atoms with Gasteiger partial charge in [-0.25, -0.2) is 0 Å². The highest BCUT2D eigenvalue weighted by Gasteiger charge is 2.25. The summed E-state index contributed by atoms with van der Waals surface area (Å²) in [7, 11) is 1.59. The van der Waals surface area contributed by atoms with Gasteiger partial charge in [-0.05, 0) is 30.5 Å². The second-order valence-electron chi connectivity index (χ2n) is 4.77. The van der Waals surface area contributed by atoms with Crippen molar-refractivity contribution in [3.05, 3.63) is 28.3 Å². The van der Waals surface area contributed by atoms with Gasteiger partial charge in [-0.1, -0.05) is 25.4 Å². The molecule has 0 saturated heterocycles. The van der Waals surface area contributed by atoms with Crippen LogP contribution in [-0.4, -0.2) is 7.11 Å². The van der Waals surface area contributed by atoms with Crippen LogP contribution in [0.4, 0.5) is 0 Å². The number of nitrogens with zero attached hydrogens (tertiary/aromatic N) is 1. The SMILES string of the molecule is COc1cc(C)c(Cl)cc1C(N)C(C#N)C(C)C. The van der Waals surface area contributed by atoms with Gasteiger partial charge in [0.2, 0.25) is 0 Å². The standard InChI is InChI=1S/C14H19ClN2O/c1-8(2)11(7-16)14(17)10-6-12(15)9(3)5-13(10)18-4/h5-6,8,11,14H,17H2,1-4H3. The van der Waals surface area contributed by atoms with Gasteiger partial charge < -0.3 is 10.5 Å². The number of hydrogen-bond acceptors (Lipinski definition) is 3. The van der Waals surface area contributed by atoms with Crippen LogP contribution >= 0.6 is 11.6 Å². The molecule has 3 nitrogen and oxygen atoms in total. The number of rotatable bonds is 4. The highest BCUT2D eigenvalue weighted by atomic mass is 35.5. The molecule has 98 valence electrons. The first-order valence-electron chi connectivity index (χ1n) is 5.91. The molecule has 0 spiro atoms. The summed E-state index contributed by atoms with van der Waals surface area (Å²) in [4.78, 5) is 0. The zero-order valence-corrected chi connectivity index (χ0v) is 12.0. The van der Waals surface area contributed by atoms with Crippen LogP contribution in [-0.2, 0) is 0 Å². The first-order chi connectivity index (χ1) is 8.42. The Morgan fingerprint density at radius 3 is 2.44 bits per heavy atom. The molecule has 1 aromatic rings. The number of ether oxygens (including phenoxy) is 1. The van der Waals surface area contributed by atoms with Crippen molar-refractivity contribution in [2.24, 2.45) is 17.6 Å². The van der Waals surface area contributed by atoms with Gasteiger partial charge in [0, 0.05) is 16.6 Å². The van der Waals surface area contributed by atoms with Crippen LogP contribution in [0.25, 0.3) is 0 Å². The molecule has 2 N–H and O–H groups in total. The maximum absolute atomic E-state index is 9.21. The van der Waals surface area contributed by atoms with Crippen LogP contribution in [0.2, 0.25) is 5.02 Å². The van der Waals surface area contributed by atoms with Crippen molar-refractivity contribution in [2.75, 3.05) is 7.11 Å². The lowest BCUT2D eigenvalue weighted by atomic mass is 9.85. The Labute approximate surface area is 114 Å². The fourth-order valence-electron chi connectivity index (χ4n) is 1.95. The predicted octanol–water partition coefficient (Wildman–Crippen LogP) is 3.45. The summed E-state index contributed by atoms with van der Waals surface area (Å²) >= 11 is 6.12. The molecular formula is C14H19ClN2O. The molecule has 0 radical (unpaired) electrons. The minimum Gasteiger partial charge on any atom is -0.496 e. The molecule has 4 heteroatoms. The van der Waals surface area contributed by atoms with E-state index in [0.29, 0.717) is 10.8 Å². The number of benzene rings is 1. The van der Waals surface area contributed by atoms with Crippen molar-refractivity contribution in [2.45, 2.75) is 26.8 Å². The minimum absolute atomic E-state index is 0.176. The van der Waals surface area contributed by atoms with Crippen LogP contribution in [0.5, 0.6) is 5.75 Å². The molecule has 1 rings (SSSR count). The van der Waals surface area contributed by atoms with E-state index in [2.05, 4.69) is 6.07 Å². The second kappa shape index (κ2) is 6.08. The smallest absolute Gasteiger partial charge is 0.124 e. The Balaban J connectivity index is 3.24. The lowest BCUT2D eigenvalue weighted by Crippen LogP contribution is -2.25. The molecule has 0 aliphatic carbocycles. The predicted molar refractivity (Wildman–Crippen MR) is 73.6 cm³/mol. The average Bonchev–Trinajstić information content (AvgIpc) is 2.32. The van der Waals surface area contributed by atoms with E-state index in [0.717, 1.165) is 11.1 Å². The maximum atomic E-state index is 9.21. The monoisotopic (exact) mass is 266 g/mol. The molecule has 0 fully saturated rings. The Morgan fingerprint density at radius 2 is 2.00 bits per heavy atom. The fraction of sp³-hybridized carbons (Fsp3) is 0.500. The Bertz CT molecular complexity index is 466. The zero-order valence-electron chi connectivity index (χ0n) is 11.2. The third kappa shape index (κ3) is 2.95. The van der Waals surface area contributed by atoms with Crippen molar-refractivity contribution in [1.29, 1.82) is 5.26 Å². The van der Waals surface area contributed by atoms with Gasteiger partial charge in [0.05, 0.1) is 19.1 Å². The van der Waals surface area contributed by atoms with Gasteiger partial charge in [0.25, 0.3) is 0 Å². The number of nitriles is 1. The fourth-order valence-corrected chi connectivity index (χ4v) is 2.12. The molecular weight excluding hydrogens is 248 g/mol. The maximum Gasteiger partial charge on any atom is 0.124 e. The van der Waals surface area contributed by atoms with Crippen LogP contribution in [0.1, 0.15) is 31.0 Å². The first-order valence-corrected chi connectivity index (χ1v) is 6.29. The normalized spacial score (nSPS) is 14.1. The zero-order chi connectivity index (χ0) is 13.9.